The van der Waals surface area contributed by atoms with Gasteiger partial charge in [0.1, 0.15) is 0 Å². The highest BCUT2D eigenvalue weighted by Gasteiger charge is 2.27. The Kier molecular flexibility index (Phi) is 6.26. The van der Waals surface area contributed by atoms with Gasteiger partial charge in [-0.3, -0.25) is 0 Å². The van der Waals surface area contributed by atoms with Crippen LogP contribution in [0.1, 0.15) is 52.9 Å². The van der Waals surface area contributed by atoms with Crippen molar-refractivity contribution in [1.29, 1.82) is 0 Å². The van der Waals surface area contributed by atoms with Crippen molar-refractivity contribution in [2.75, 3.05) is 19.6 Å². The fraction of sp³-hybridized carbons (Fsp3) is 1.00. The lowest BCUT2D eigenvalue weighted by Crippen LogP contribution is -2.31. The maximum atomic E-state index is 3.55. The number of nitrogens with one attached hydrogen (secondary N) is 1. The van der Waals surface area contributed by atoms with E-state index in [0.29, 0.717) is 0 Å². The van der Waals surface area contributed by atoms with Crippen LogP contribution in [0.15, 0.2) is 0 Å². The van der Waals surface area contributed by atoms with E-state index >= 15 is 0 Å². The number of nitrogens with zero attached hydrogens (tertiary/aromatic N) is 1. The minimum absolute atomic E-state index is 0.743. The van der Waals surface area contributed by atoms with Crippen molar-refractivity contribution < 1.29 is 0 Å². The van der Waals surface area contributed by atoms with E-state index in [0.717, 1.165) is 18.6 Å². The second kappa shape index (κ2) is 7.24. The van der Waals surface area contributed by atoms with Gasteiger partial charge >= 0.3 is 0 Å². The van der Waals surface area contributed by atoms with Crippen LogP contribution in [-0.2, 0) is 0 Å². The molecule has 0 aliphatic heterocycles. The van der Waals surface area contributed by atoms with E-state index in [1.165, 1.54) is 45.2 Å². The zero-order valence-electron chi connectivity index (χ0n) is 10.8. The number of hydrogen-bond donors (Lipinski definition) is 1. The second-order valence-corrected chi connectivity index (χ2v) is 4.66. The molecule has 1 aliphatic rings. The quantitative estimate of drug-likeness (QED) is 0.632. The zero-order valence-corrected chi connectivity index (χ0v) is 10.8. The van der Waals surface area contributed by atoms with Crippen LogP contribution in [-0.4, -0.2) is 36.6 Å². The van der Waals surface area contributed by atoms with Gasteiger partial charge in [0.2, 0.25) is 0 Å². The monoisotopic (exact) mass is 212 g/mol. The Balaban J connectivity index is 2.07. The predicted molar refractivity (Wildman–Crippen MR) is 67.3 cm³/mol. The van der Waals surface area contributed by atoms with Crippen molar-refractivity contribution in [3.63, 3.8) is 0 Å². The minimum Gasteiger partial charge on any atom is -0.314 e. The molecule has 0 spiro atoms. The third-order valence-corrected chi connectivity index (χ3v) is 3.45. The maximum Gasteiger partial charge on any atom is 0.00963 e. The van der Waals surface area contributed by atoms with Gasteiger partial charge < -0.3 is 10.2 Å². The van der Waals surface area contributed by atoms with E-state index in [9.17, 15) is 0 Å². The largest absolute Gasteiger partial charge is 0.314 e. The maximum absolute atomic E-state index is 3.55. The predicted octanol–water partition coefficient (Wildman–Crippen LogP) is 2.64. The van der Waals surface area contributed by atoms with E-state index < -0.39 is 0 Å². The molecule has 15 heavy (non-hydrogen) atoms. The van der Waals surface area contributed by atoms with Crippen molar-refractivity contribution in [3.8, 4) is 0 Å². The van der Waals surface area contributed by atoms with Crippen LogP contribution in [0.3, 0.4) is 0 Å². The van der Waals surface area contributed by atoms with Crippen molar-refractivity contribution >= 4 is 0 Å². The first kappa shape index (κ1) is 13.0. The van der Waals surface area contributed by atoms with Crippen LogP contribution in [0.2, 0.25) is 0 Å². The molecule has 0 heterocycles. The lowest BCUT2D eigenvalue weighted by atomic mass is 10.1. The lowest BCUT2D eigenvalue weighted by molar-refractivity contribution is 0.265. The highest BCUT2D eigenvalue weighted by molar-refractivity contribution is 4.83. The first-order valence-corrected chi connectivity index (χ1v) is 6.79. The van der Waals surface area contributed by atoms with Gasteiger partial charge in [-0.25, -0.2) is 0 Å². The first-order chi connectivity index (χ1) is 7.31. The lowest BCUT2D eigenvalue weighted by Gasteiger charge is -2.21. The summed E-state index contributed by atoms with van der Waals surface area (Å²) in [5.74, 6) is 0. The van der Waals surface area contributed by atoms with Crippen LogP contribution in [0, 0.1) is 0 Å². The summed E-state index contributed by atoms with van der Waals surface area (Å²) in [4.78, 5) is 2.65. The summed E-state index contributed by atoms with van der Waals surface area (Å²) in [6, 6.07) is 1.68. The third-order valence-electron chi connectivity index (χ3n) is 3.45. The van der Waals surface area contributed by atoms with Gasteiger partial charge in [0.05, 0.1) is 0 Å². The van der Waals surface area contributed by atoms with Gasteiger partial charge in [0.15, 0.2) is 0 Å². The van der Waals surface area contributed by atoms with Gasteiger partial charge in [-0.05, 0) is 51.7 Å². The molecule has 1 N–H and O–H groups in total. The van der Waals surface area contributed by atoms with E-state index in [-0.39, 0.29) is 0 Å². The number of hydrogen-bond acceptors (Lipinski definition) is 2. The molecule has 1 saturated carbocycles. The summed E-state index contributed by atoms with van der Waals surface area (Å²) >= 11 is 0. The fourth-order valence-corrected chi connectivity index (χ4v) is 2.32. The molecule has 1 aliphatic carbocycles. The van der Waals surface area contributed by atoms with Gasteiger partial charge in [0.25, 0.3) is 0 Å². The Morgan fingerprint density at radius 3 is 2.47 bits per heavy atom. The number of rotatable bonds is 9. The molecule has 90 valence electrons. The highest BCUT2D eigenvalue weighted by atomic mass is 15.2. The summed E-state index contributed by atoms with van der Waals surface area (Å²) in [6.45, 7) is 10.4. The van der Waals surface area contributed by atoms with E-state index in [2.05, 4.69) is 31.0 Å². The fourth-order valence-electron chi connectivity index (χ4n) is 2.32. The average Bonchev–Trinajstić information content (AvgIpc) is 3.06. The summed E-state index contributed by atoms with van der Waals surface area (Å²) < 4.78 is 0. The molecule has 0 aromatic carbocycles. The van der Waals surface area contributed by atoms with E-state index in [1.807, 2.05) is 0 Å². The molecule has 2 heteroatoms. The van der Waals surface area contributed by atoms with Crippen molar-refractivity contribution in [2.45, 2.75) is 65.0 Å². The van der Waals surface area contributed by atoms with Crippen molar-refractivity contribution in [2.24, 2.45) is 0 Å². The minimum atomic E-state index is 0.743. The zero-order chi connectivity index (χ0) is 11.1. The topological polar surface area (TPSA) is 15.3 Å². The van der Waals surface area contributed by atoms with Crippen LogP contribution < -0.4 is 5.32 Å². The SMILES string of the molecule is CCNC(CC)CCCN(CC)C1CC1. The standard InChI is InChI=1S/C13H28N2/c1-4-12(14-5-2)8-7-11-15(6-3)13-9-10-13/h12-14H,4-11H2,1-3H3. The molecule has 0 aromatic heterocycles. The molecule has 2 nitrogen and oxygen atoms in total. The molecular weight excluding hydrogens is 184 g/mol. The van der Waals surface area contributed by atoms with Crippen LogP contribution >= 0.6 is 0 Å². The molecule has 0 amide bonds. The molecule has 0 radical (unpaired) electrons. The van der Waals surface area contributed by atoms with E-state index in [4.69, 9.17) is 0 Å². The van der Waals surface area contributed by atoms with Gasteiger partial charge in [-0.2, -0.15) is 0 Å². The smallest absolute Gasteiger partial charge is 0.00963 e. The summed E-state index contributed by atoms with van der Waals surface area (Å²) in [5, 5.41) is 3.55. The van der Waals surface area contributed by atoms with Gasteiger partial charge in [-0.15, -0.1) is 0 Å². The van der Waals surface area contributed by atoms with E-state index in [1.54, 1.807) is 0 Å². The van der Waals surface area contributed by atoms with Crippen molar-refractivity contribution in [1.82, 2.24) is 10.2 Å². The molecule has 1 fully saturated rings. The first-order valence-electron chi connectivity index (χ1n) is 6.79. The second-order valence-electron chi connectivity index (χ2n) is 4.66. The summed E-state index contributed by atoms with van der Waals surface area (Å²) in [7, 11) is 0. The summed E-state index contributed by atoms with van der Waals surface area (Å²) in [5.41, 5.74) is 0. The molecule has 0 saturated heterocycles. The Morgan fingerprint density at radius 1 is 1.27 bits per heavy atom. The Hall–Kier alpha value is -0.0800. The molecule has 0 aromatic rings. The Labute approximate surface area is 95.4 Å². The van der Waals surface area contributed by atoms with Gasteiger partial charge in [0, 0.05) is 12.1 Å². The highest BCUT2D eigenvalue weighted by Crippen LogP contribution is 2.26. The molecule has 1 rings (SSSR count). The molecule has 0 bridgehead atoms. The molecular formula is C13H28N2. The van der Waals surface area contributed by atoms with Gasteiger partial charge in [-0.1, -0.05) is 20.8 Å². The van der Waals surface area contributed by atoms with Crippen LogP contribution in [0.25, 0.3) is 0 Å². The normalized spacial score (nSPS) is 18.4. The van der Waals surface area contributed by atoms with Crippen LogP contribution in [0.5, 0.6) is 0 Å². The Bertz CT molecular complexity index is 155. The van der Waals surface area contributed by atoms with Crippen molar-refractivity contribution in [3.05, 3.63) is 0 Å². The average molecular weight is 212 g/mol. The Morgan fingerprint density at radius 2 is 2.00 bits per heavy atom. The summed E-state index contributed by atoms with van der Waals surface area (Å²) in [6.07, 6.45) is 6.85. The molecule has 1 atom stereocenters. The third kappa shape index (κ3) is 4.98. The molecule has 1 unspecified atom stereocenters. The van der Waals surface area contributed by atoms with Crippen LogP contribution in [0.4, 0.5) is 0 Å².